The van der Waals surface area contributed by atoms with E-state index in [0.29, 0.717) is 25.2 Å². The van der Waals surface area contributed by atoms with Crippen LogP contribution in [0.3, 0.4) is 0 Å². The van der Waals surface area contributed by atoms with Crippen LogP contribution in [0, 0.1) is 0 Å². The quantitative estimate of drug-likeness (QED) is 0.335. The van der Waals surface area contributed by atoms with E-state index < -0.39 is 0 Å². The maximum Gasteiger partial charge on any atom is 0.324 e. The van der Waals surface area contributed by atoms with Gasteiger partial charge in [-0.2, -0.15) is 0 Å². The Morgan fingerprint density at radius 3 is 2.50 bits per heavy atom. The van der Waals surface area contributed by atoms with Crippen molar-refractivity contribution in [1.82, 2.24) is 9.80 Å². The van der Waals surface area contributed by atoms with Crippen molar-refractivity contribution in [3.63, 3.8) is 0 Å². The molecule has 0 heterocycles. The van der Waals surface area contributed by atoms with Gasteiger partial charge in [-0.15, -0.1) is 0 Å². The molecule has 0 rings (SSSR count). The fourth-order valence-electron chi connectivity index (χ4n) is 1.23. The van der Waals surface area contributed by atoms with Gasteiger partial charge < -0.3 is 4.90 Å². The number of hydrogen-bond acceptors (Lipinski definition) is 2. The number of hydrogen-bond donors (Lipinski definition) is 0. The molecule has 0 aromatic rings. The summed E-state index contributed by atoms with van der Waals surface area (Å²) in [6.07, 6.45) is 1.90. The first-order valence-corrected chi connectivity index (χ1v) is 6.25. The Morgan fingerprint density at radius 1 is 1.44 bits per heavy atom. The average molecular weight is 292 g/mol. The van der Waals surface area contributed by atoms with Crippen molar-refractivity contribution in [2.24, 2.45) is 4.99 Å². The number of amidine groups is 1. The number of carbonyl (C=O) groups is 2. The smallest absolute Gasteiger partial charge is 0.324 e. The molecule has 0 unspecified atom stereocenters. The van der Waals surface area contributed by atoms with E-state index in [1.54, 1.807) is 19.0 Å². The highest BCUT2D eigenvalue weighted by molar-refractivity contribution is 9.09. The van der Waals surface area contributed by atoms with Crippen LogP contribution in [0.2, 0.25) is 0 Å². The number of rotatable bonds is 5. The number of carbonyl (C=O) groups excluding carboxylic acids is 2. The van der Waals surface area contributed by atoms with E-state index in [-0.39, 0.29) is 6.03 Å². The van der Waals surface area contributed by atoms with Gasteiger partial charge in [-0.25, -0.2) is 9.79 Å². The third-order valence-electron chi connectivity index (χ3n) is 2.15. The molecule has 0 atom stereocenters. The molecule has 0 radical (unpaired) electrons. The van der Waals surface area contributed by atoms with Crippen LogP contribution in [0.1, 0.15) is 19.8 Å². The van der Waals surface area contributed by atoms with E-state index in [9.17, 15) is 9.59 Å². The third kappa shape index (κ3) is 4.74. The zero-order valence-corrected chi connectivity index (χ0v) is 11.5. The van der Waals surface area contributed by atoms with Crippen molar-refractivity contribution in [1.29, 1.82) is 0 Å². The summed E-state index contributed by atoms with van der Waals surface area (Å²) in [4.78, 5) is 28.8. The Kier molecular flexibility index (Phi) is 7.80. The molecule has 0 spiro atoms. The van der Waals surface area contributed by atoms with Crippen LogP contribution in [0.25, 0.3) is 0 Å². The maximum atomic E-state index is 11.9. The van der Waals surface area contributed by atoms with Crippen LogP contribution in [-0.2, 0) is 4.79 Å². The van der Waals surface area contributed by atoms with Gasteiger partial charge in [0.25, 0.3) is 0 Å². The summed E-state index contributed by atoms with van der Waals surface area (Å²) in [5, 5.41) is 0.859. The van der Waals surface area contributed by atoms with Crippen LogP contribution in [0.15, 0.2) is 4.99 Å². The van der Waals surface area contributed by atoms with Gasteiger partial charge in [-0.3, -0.25) is 9.69 Å². The van der Waals surface area contributed by atoms with Crippen molar-refractivity contribution < 1.29 is 9.59 Å². The number of aliphatic imine (C=N–C) groups is 1. The normalized spacial score (nSPS) is 11.1. The molecule has 0 aromatic heterocycles. The fourth-order valence-corrected chi connectivity index (χ4v) is 1.49. The van der Waals surface area contributed by atoms with Crippen LogP contribution < -0.4 is 0 Å². The second kappa shape index (κ2) is 8.27. The minimum Gasteiger partial charge on any atom is -0.327 e. The number of alkyl halides is 1. The number of urea groups is 1. The molecular weight excluding hydrogens is 274 g/mol. The summed E-state index contributed by atoms with van der Waals surface area (Å²) >= 11 is 3.31. The second-order valence-corrected chi connectivity index (χ2v) is 4.10. The molecule has 0 saturated heterocycles. The molecule has 3 amide bonds. The molecule has 0 bridgehead atoms. The summed E-state index contributed by atoms with van der Waals surface area (Å²) < 4.78 is 0. The predicted molar refractivity (Wildman–Crippen MR) is 68.0 cm³/mol. The summed E-state index contributed by atoms with van der Waals surface area (Å²) in [5.41, 5.74) is 0. The monoisotopic (exact) mass is 291 g/mol. The molecule has 6 heteroatoms. The first-order valence-electron chi connectivity index (χ1n) is 5.13. The van der Waals surface area contributed by atoms with E-state index in [4.69, 9.17) is 0 Å². The maximum absolute atomic E-state index is 11.9. The van der Waals surface area contributed by atoms with Crippen molar-refractivity contribution >= 4 is 34.2 Å². The fraction of sp³-hybridized carbons (Fsp3) is 0.700. The standard InChI is InChI=1S/C10H18BrN3O2/c1-4-9(12-8-15)14(3)10(16)13(2)7-5-6-11/h8H,4-7H2,1-3H3. The van der Waals surface area contributed by atoms with Gasteiger partial charge in [0.1, 0.15) is 5.84 Å². The summed E-state index contributed by atoms with van der Waals surface area (Å²) in [5.74, 6) is 0.477. The number of halogens is 1. The van der Waals surface area contributed by atoms with E-state index in [2.05, 4.69) is 20.9 Å². The Morgan fingerprint density at radius 2 is 2.06 bits per heavy atom. The molecule has 0 fully saturated rings. The molecule has 0 aromatic carbocycles. The Bertz CT molecular complexity index is 269. The van der Waals surface area contributed by atoms with Gasteiger partial charge in [0.2, 0.25) is 6.41 Å². The first-order chi connectivity index (χ1) is 7.58. The van der Waals surface area contributed by atoms with Crippen LogP contribution in [0.4, 0.5) is 4.79 Å². The van der Waals surface area contributed by atoms with Crippen molar-refractivity contribution in [2.45, 2.75) is 19.8 Å². The lowest BCUT2D eigenvalue weighted by Gasteiger charge is -2.25. The van der Waals surface area contributed by atoms with E-state index >= 15 is 0 Å². The van der Waals surface area contributed by atoms with Crippen molar-refractivity contribution in [3.8, 4) is 0 Å². The molecule has 5 nitrogen and oxygen atoms in total. The SMILES string of the molecule is CCC(=NC=O)N(C)C(=O)N(C)CCCBr. The van der Waals surface area contributed by atoms with Gasteiger partial charge in [0.05, 0.1) is 0 Å². The van der Waals surface area contributed by atoms with Crippen molar-refractivity contribution in [3.05, 3.63) is 0 Å². The lowest BCUT2D eigenvalue weighted by atomic mass is 10.4. The zero-order valence-electron chi connectivity index (χ0n) is 9.94. The third-order valence-corrected chi connectivity index (χ3v) is 2.71. The van der Waals surface area contributed by atoms with Gasteiger partial charge >= 0.3 is 6.03 Å². The summed E-state index contributed by atoms with van der Waals surface area (Å²) in [7, 11) is 3.36. The zero-order chi connectivity index (χ0) is 12.6. The highest BCUT2D eigenvalue weighted by atomic mass is 79.9. The molecule has 0 aliphatic carbocycles. The first kappa shape index (κ1) is 15.1. The molecular formula is C10H18BrN3O2. The summed E-state index contributed by atoms with van der Waals surface area (Å²) in [6.45, 7) is 2.52. The van der Waals surface area contributed by atoms with E-state index in [1.165, 1.54) is 4.90 Å². The van der Waals surface area contributed by atoms with Crippen molar-refractivity contribution in [2.75, 3.05) is 26.0 Å². The van der Waals surface area contributed by atoms with Gasteiger partial charge in [0.15, 0.2) is 0 Å². The molecule has 0 aliphatic rings. The Hall–Kier alpha value is -0.910. The second-order valence-electron chi connectivity index (χ2n) is 3.31. The minimum absolute atomic E-state index is 0.150. The Labute approximate surface area is 105 Å². The molecule has 0 saturated carbocycles. The largest absolute Gasteiger partial charge is 0.327 e. The highest BCUT2D eigenvalue weighted by Crippen LogP contribution is 2.01. The lowest BCUT2D eigenvalue weighted by molar-refractivity contribution is -0.106. The number of amides is 3. The molecule has 16 heavy (non-hydrogen) atoms. The van der Waals surface area contributed by atoms with Crippen LogP contribution >= 0.6 is 15.9 Å². The lowest BCUT2D eigenvalue weighted by Crippen LogP contribution is -2.42. The highest BCUT2D eigenvalue weighted by Gasteiger charge is 2.17. The summed E-state index contributed by atoms with van der Waals surface area (Å²) in [6, 6.07) is -0.150. The van der Waals surface area contributed by atoms with E-state index in [1.807, 2.05) is 6.92 Å². The van der Waals surface area contributed by atoms with Crippen LogP contribution in [0.5, 0.6) is 0 Å². The van der Waals surface area contributed by atoms with E-state index in [0.717, 1.165) is 11.8 Å². The van der Waals surface area contributed by atoms with Gasteiger partial charge in [-0.05, 0) is 6.42 Å². The number of nitrogens with zero attached hydrogens (tertiary/aromatic N) is 3. The minimum atomic E-state index is -0.150. The van der Waals surface area contributed by atoms with Gasteiger partial charge in [-0.1, -0.05) is 22.9 Å². The predicted octanol–water partition coefficient (Wildman–Crippen LogP) is 1.72. The molecule has 92 valence electrons. The van der Waals surface area contributed by atoms with Gasteiger partial charge in [0, 0.05) is 32.4 Å². The Balaban J connectivity index is 4.46. The molecule has 0 N–H and O–H groups in total. The van der Waals surface area contributed by atoms with Crippen LogP contribution in [-0.4, -0.2) is 54.0 Å². The topological polar surface area (TPSA) is 53.0 Å². The average Bonchev–Trinajstić information content (AvgIpc) is 2.31. The molecule has 0 aliphatic heterocycles.